The Morgan fingerprint density at radius 3 is 2.58 bits per heavy atom. The summed E-state index contributed by atoms with van der Waals surface area (Å²) in [4.78, 5) is 0. The minimum atomic E-state index is 0.709. The molecule has 0 aromatic heterocycles. The molecule has 0 heterocycles. The van der Waals surface area contributed by atoms with Gasteiger partial charge in [0.2, 0.25) is 0 Å². The van der Waals surface area contributed by atoms with Crippen LogP contribution in [0.3, 0.4) is 0 Å². The van der Waals surface area contributed by atoms with Gasteiger partial charge in [0.15, 0.2) is 0 Å². The van der Waals surface area contributed by atoms with Crippen molar-refractivity contribution < 1.29 is 0 Å². The van der Waals surface area contributed by atoms with Crippen LogP contribution in [0.25, 0.3) is 11.1 Å². The Hall–Kier alpha value is -0.830. The fourth-order valence-electron chi connectivity index (χ4n) is 2.08. The van der Waals surface area contributed by atoms with E-state index in [1.165, 1.54) is 24.0 Å². The maximum Gasteiger partial charge on any atom is 0.0457 e. The molecule has 0 aliphatic heterocycles. The molecule has 0 unspecified atom stereocenters. The summed E-state index contributed by atoms with van der Waals surface area (Å²) >= 11 is 9.87. The maximum absolute atomic E-state index is 6.37. The summed E-state index contributed by atoms with van der Waals surface area (Å²) in [6.07, 6.45) is 2.60. The zero-order valence-corrected chi connectivity index (χ0v) is 12.8. The first-order valence-electron chi connectivity index (χ1n) is 6.50. The molecule has 0 bridgehead atoms. The van der Waals surface area contributed by atoms with Crippen molar-refractivity contribution in [3.05, 3.63) is 57.5 Å². The van der Waals surface area contributed by atoms with E-state index in [1.54, 1.807) is 0 Å². The zero-order chi connectivity index (χ0) is 13.2. The summed E-state index contributed by atoms with van der Waals surface area (Å²) in [6.45, 7) is 0.863. The van der Waals surface area contributed by atoms with E-state index >= 15 is 0 Å². The van der Waals surface area contributed by atoms with Crippen LogP contribution in [0.2, 0.25) is 5.02 Å². The van der Waals surface area contributed by atoms with Crippen molar-refractivity contribution in [1.29, 1.82) is 0 Å². The molecule has 1 fully saturated rings. The second kappa shape index (κ2) is 5.66. The summed E-state index contributed by atoms with van der Waals surface area (Å²) in [6, 6.07) is 15.3. The average Bonchev–Trinajstić information content (AvgIpc) is 3.21. The third-order valence-electron chi connectivity index (χ3n) is 3.37. The lowest BCUT2D eigenvalue weighted by Crippen LogP contribution is -2.15. The summed E-state index contributed by atoms with van der Waals surface area (Å²) in [5.74, 6) is 0. The van der Waals surface area contributed by atoms with Crippen LogP contribution in [0, 0.1) is 0 Å². The fraction of sp³-hybridized carbons (Fsp3) is 0.250. The Kier molecular flexibility index (Phi) is 3.92. The third kappa shape index (κ3) is 3.38. The van der Waals surface area contributed by atoms with Gasteiger partial charge in [-0.05, 0) is 47.7 Å². The molecule has 1 aliphatic rings. The quantitative estimate of drug-likeness (QED) is 0.826. The Labute approximate surface area is 127 Å². The monoisotopic (exact) mass is 335 g/mol. The zero-order valence-electron chi connectivity index (χ0n) is 10.5. The number of hydrogen-bond acceptors (Lipinski definition) is 1. The molecule has 0 amide bonds. The van der Waals surface area contributed by atoms with Crippen LogP contribution in [0.1, 0.15) is 18.4 Å². The fourth-order valence-corrected chi connectivity index (χ4v) is 2.73. The highest BCUT2D eigenvalue weighted by Gasteiger charge is 2.20. The summed E-state index contributed by atoms with van der Waals surface area (Å²) in [5.41, 5.74) is 3.51. The number of halogens is 2. The van der Waals surface area contributed by atoms with E-state index in [4.69, 9.17) is 11.6 Å². The van der Waals surface area contributed by atoms with Crippen LogP contribution in [-0.4, -0.2) is 6.04 Å². The van der Waals surface area contributed by atoms with Crippen molar-refractivity contribution in [2.45, 2.75) is 25.4 Å². The second-order valence-corrected chi connectivity index (χ2v) is 6.29. The molecule has 0 atom stereocenters. The third-order valence-corrected chi connectivity index (χ3v) is 4.21. The van der Waals surface area contributed by atoms with E-state index in [9.17, 15) is 0 Å². The summed E-state index contributed by atoms with van der Waals surface area (Å²) < 4.78 is 1.08. The van der Waals surface area contributed by atoms with Gasteiger partial charge in [0.1, 0.15) is 0 Å². The van der Waals surface area contributed by atoms with E-state index in [1.807, 2.05) is 18.2 Å². The number of benzene rings is 2. The molecule has 98 valence electrons. The number of hydrogen-bond donors (Lipinski definition) is 1. The van der Waals surface area contributed by atoms with Crippen molar-refractivity contribution in [3.8, 4) is 11.1 Å². The smallest absolute Gasteiger partial charge is 0.0457 e. The highest BCUT2D eigenvalue weighted by Crippen LogP contribution is 2.28. The standard InChI is InChI=1S/C16H15BrClN/c17-14-3-1-2-11(8-14)12-4-5-13(16(18)9-12)10-19-15-6-7-15/h1-5,8-9,15,19H,6-7,10H2. The molecule has 3 rings (SSSR count). The average molecular weight is 337 g/mol. The number of rotatable bonds is 4. The van der Waals surface area contributed by atoms with Crippen molar-refractivity contribution in [1.82, 2.24) is 5.32 Å². The van der Waals surface area contributed by atoms with Gasteiger partial charge in [0, 0.05) is 22.1 Å². The predicted octanol–water partition coefficient (Wildman–Crippen LogP) is 5.02. The largest absolute Gasteiger partial charge is 0.310 e. The topological polar surface area (TPSA) is 12.0 Å². The first-order chi connectivity index (χ1) is 9.22. The highest BCUT2D eigenvalue weighted by molar-refractivity contribution is 9.10. The van der Waals surface area contributed by atoms with Gasteiger partial charge in [0.05, 0.1) is 0 Å². The summed E-state index contributed by atoms with van der Waals surface area (Å²) in [5, 5.41) is 4.33. The molecule has 1 aliphatic carbocycles. The van der Waals surface area contributed by atoms with Gasteiger partial charge in [-0.25, -0.2) is 0 Å². The van der Waals surface area contributed by atoms with Crippen molar-refractivity contribution in [3.63, 3.8) is 0 Å². The van der Waals surface area contributed by atoms with Gasteiger partial charge < -0.3 is 5.32 Å². The normalized spacial score (nSPS) is 14.6. The minimum absolute atomic E-state index is 0.709. The van der Waals surface area contributed by atoms with Crippen LogP contribution < -0.4 is 5.32 Å². The van der Waals surface area contributed by atoms with E-state index in [-0.39, 0.29) is 0 Å². The lowest BCUT2D eigenvalue weighted by atomic mass is 10.0. The first-order valence-corrected chi connectivity index (χ1v) is 7.67. The molecular formula is C16H15BrClN. The Morgan fingerprint density at radius 2 is 1.89 bits per heavy atom. The van der Waals surface area contributed by atoms with Crippen LogP contribution >= 0.6 is 27.5 Å². The highest BCUT2D eigenvalue weighted by atomic mass is 79.9. The van der Waals surface area contributed by atoms with Crippen LogP contribution in [0.4, 0.5) is 0 Å². The molecule has 2 aromatic rings. The number of nitrogens with one attached hydrogen (secondary N) is 1. The van der Waals surface area contributed by atoms with Crippen molar-refractivity contribution >= 4 is 27.5 Å². The van der Waals surface area contributed by atoms with Crippen LogP contribution in [0.15, 0.2) is 46.9 Å². The van der Waals surface area contributed by atoms with Crippen LogP contribution in [-0.2, 0) is 6.54 Å². The van der Waals surface area contributed by atoms with Gasteiger partial charge in [-0.3, -0.25) is 0 Å². The lowest BCUT2D eigenvalue weighted by Gasteiger charge is -2.08. The Balaban J connectivity index is 1.81. The molecule has 0 radical (unpaired) electrons. The van der Waals surface area contributed by atoms with E-state index in [2.05, 4.69) is 45.5 Å². The first kappa shape index (κ1) is 13.2. The molecule has 2 aromatic carbocycles. The van der Waals surface area contributed by atoms with Gasteiger partial charge in [-0.1, -0.05) is 51.8 Å². The van der Waals surface area contributed by atoms with E-state index < -0.39 is 0 Å². The molecule has 19 heavy (non-hydrogen) atoms. The van der Waals surface area contributed by atoms with Gasteiger partial charge in [0.25, 0.3) is 0 Å². The van der Waals surface area contributed by atoms with Crippen LogP contribution in [0.5, 0.6) is 0 Å². The van der Waals surface area contributed by atoms with Crippen molar-refractivity contribution in [2.75, 3.05) is 0 Å². The molecule has 3 heteroatoms. The van der Waals surface area contributed by atoms with Gasteiger partial charge in [-0.15, -0.1) is 0 Å². The minimum Gasteiger partial charge on any atom is -0.310 e. The Bertz CT molecular complexity index is 593. The molecule has 1 nitrogen and oxygen atoms in total. The predicted molar refractivity (Wildman–Crippen MR) is 84.4 cm³/mol. The SMILES string of the molecule is Clc1cc(-c2cccc(Br)c2)ccc1CNC1CC1. The molecule has 0 spiro atoms. The van der Waals surface area contributed by atoms with Gasteiger partial charge >= 0.3 is 0 Å². The molecular weight excluding hydrogens is 322 g/mol. The molecule has 1 saturated carbocycles. The van der Waals surface area contributed by atoms with Gasteiger partial charge in [-0.2, -0.15) is 0 Å². The van der Waals surface area contributed by atoms with E-state index in [0.29, 0.717) is 6.04 Å². The lowest BCUT2D eigenvalue weighted by molar-refractivity contribution is 0.688. The second-order valence-electron chi connectivity index (χ2n) is 4.97. The molecule has 1 N–H and O–H groups in total. The summed E-state index contributed by atoms with van der Waals surface area (Å²) in [7, 11) is 0. The molecule has 0 saturated heterocycles. The Morgan fingerprint density at radius 1 is 1.11 bits per heavy atom. The van der Waals surface area contributed by atoms with E-state index in [0.717, 1.165) is 21.6 Å². The maximum atomic E-state index is 6.37. The van der Waals surface area contributed by atoms with Crippen molar-refractivity contribution in [2.24, 2.45) is 0 Å².